The Morgan fingerprint density at radius 3 is 2.29 bits per heavy atom. The standard InChI is InChI=1S/C10H17F3N2O2/c1-9(2,3)17-8(16)15(10(11,12)13)7-4-5-14-6-7/h7,14H,4-6H2,1-3H3/t7-/m0/s1. The summed E-state index contributed by atoms with van der Waals surface area (Å²) in [5.74, 6) is 0. The van der Waals surface area contributed by atoms with Crippen LogP contribution in [0.15, 0.2) is 0 Å². The minimum atomic E-state index is -4.71. The summed E-state index contributed by atoms with van der Waals surface area (Å²) in [6.45, 7) is 5.21. The van der Waals surface area contributed by atoms with E-state index in [1.165, 1.54) is 20.8 Å². The van der Waals surface area contributed by atoms with Crippen molar-refractivity contribution in [3.8, 4) is 0 Å². The third-order valence-corrected chi connectivity index (χ3v) is 2.26. The molecule has 0 aromatic heterocycles. The van der Waals surface area contributed by atoms with E-state index in [0.717, 1.165) is 0 Å². The molecule has 1 fully saturated rings. The smallest absolute Gasteiger partial charge is 0.443 e. The summed E-state index contributed by atoms with van der Waals surface area (Å²) >= 11 is 0. The molecule has 1 atom stereocenters. The van der Waals surface area contributed by atoms with Crippen molar-refractivity contribution >= 4 is 6.09 Å². The van der Waals surface area contributed by atoms with Gasteiger partial charge >= 0.3 is 12.4 Å². The van der Waals surface area contributed by atoms with E-state index in [-0.39, 0.29) is 17.9 Å². The first-order valence-corrected chi connectivity index (χ1v) is 5.41. The SMILES string of the molecule is CC(C)(C)OC(=O)N([C@H]1CCNC1)C(F)(F)F. The van der Waals surface area contributed by atoms with Crippen LogP contribution in [0.1, 0.15) is 27.2 Å². The van der Waals surface area contributed by atoms with Crippen LogP contribution >= 0.6 is 0 Å². The summed E-state index contributed by atoms with van der Waals surface area (Å²) < 4.78 is 43.2. The lowest BCUT2D eigenvalue weighted by Crippen LogP contribution is -2.52. The van der Waals surface area contributed by atoms with Crippen molar-refractivity contribution in [1.82, 2.24) is 10.2 Å². The Labute approximate surface area is 98.1 Å². The Morgan fingerprint density at radius 2 is 1.94 bits per heavy atom. The minimum Gasteiger partial charge on any atom is -0.443 e. The molecule has 1 heterocycles. The van der Waals surface area contributed by atoms with Crippen molar-refractivity contribution in [2.75, 3.05) is 13.1 Å². The maximum Gasteiger partial charge on any atom is 0.490 e. The second kappa shape index (κ2) is 4.72. The van der Waals surface area contributed by atoms with E-state index in [2.05, 4.69) is 5.32 Å². The third-order valence-electron chi connectivity index (χ3n) is 2.26. The van der Waals surface area contributed by atoms with E-state index in [0.29, 0.717) is 6.54 Å². The van der Waals surface area contributed by atoms with Crippen LogP contribution in [-0.2, 0) is 4.74 Å². The molecule has 0 unspecified atom stereocenters. The zero-order valence-electron chi connectivity index (χ0n) is 10.1. The van der Waals surface area contributed by atoms with Crippen molar-refractivity contribution in [2.45, 2.75) is 45.1 Å². The Kier molecular flexibility index (Phi) is 3.91. The van der Waals surface area contributed by atoms with E-state index >= 15 is 0 Å². The van der Waals surface area contributed by atoms with Crippen LogP contribution in [0.4, 0.5) is 18.0 Å². The number of amides is 1. The highest BCUT2D eigenvalue weighted by Crippen LogP contribution is 2.28. The average Bonchev–Trinajstić information content (AvgIpc) is 2.49. The average molecular weight is 254 g/mol. The number of halogens is 3. The van der Waals surface area contributed by atoms with Gasteiger partial charge in [-0.2, -0.15) is 0 Å². The van der Waals surface area contributed by atoms with Gasteiger partial charge < -0.3 is 10.1 Å². The summed E-state index contributed by atoms with van der Waals surface area (Å²) in [6, 6.07) is -0.884. The van der Waals surface area contributed by atoms with Gasteiger partial charge in [-0.05, 0) is 33.7 Å². The molecule has 0 bridgehead atoms. The Bertz CT molecular complexity index is 280. The minimum absolute atomic E-state index is 0.127. The van der Waals surface area contributed by atoms with Gasteiger partial charge in [0.1, 0.15) is 5.60 Å². The molecule has 100 valence electrons. The van der Waals surface area contributed by atoms with Crippen LogP contribution in [0.2, 0.25) is 0 Å². The highest BCUT2D eigenvalue weighted by atomic mass is 19.4. The lowest BCUT2D eigenvalue weighted by Gasteiger charge is -2.32. The maximum absolute atomic E-state index is 12.8. The van der Waals surface area contributed by atoms with Crippen LogP contribution in [0.3, 0.4) is 0 Å². The number of nitrogens with zero attached hydrogens (tertiary/aromatic N) is 1. The summed E-state index contributed by atoms with van der Waals surface area (Å²) in [7, 11) is 0. The van der Waals surface area contributed by atoms with Gasteiger partial charge in [0.15, 0.2) is 0 Å². The fourth-order valence-electron chi connectivity index (χ4n) is 1.63. The van der Waals surface area contributed by atoms with Crippen molar-refractivity contribution in [3.63, 3.8) is 0 Å². The lowest BCUT2D eigenvalue weighted by molar-refractivity contribution is -0.242. The van der Waals surface area contributed by atoms with Crippen LogP contribution in [0, 0.1) is 0 Å². The largest absolute Gasteiger partial charge is 0.490 e. The fraction of sp³-hybridized carbons (Fsp3) is 0.900. The molecule has 1 rings (SSSR count). The van der Waals surface area contributed by atoms with E-state index < -0.39 is 24.0 Å². The number of hydrogen-bond acceptors (Lipinski definition) is 3. The van der Waals surface area contributed by atoms with Crippen LogP contribution in [0.5, 0.6) is 0 Å². The number of alkyl halides is 3. The summed E-state index contributed by atoms with van der Waals surface area (Å²) in [6.07, 6.45) is -5.77. The number of carbonyl (C=O) groups excluding carboxylic acids is 1. The predicted molar refractivity (Wildman–Crippen MR) is 55.4 cm³/mol. The molecule has 0 spiro atoms. The van der Waals surface area contributed by atoms with Crippen molar-refractivity contribution in [2.24, 2.45) is 0 Å². The van der Waals surface area contributed by atoms with Crippen molar-refractivity contribution < 1.29 is 22.7 Å². The van der Waals surface area contributed by atoms with Gasteiger partial charge in [-0.3, -0.25) is 0 Å². The fourth-order valence-corrected chi connectivity index (χ4v) is 1.63. The Balaban J connectivity index is 2.79. The van der Waals surface area contributed by atoms with E-state index in [1.54, 1.807) is 0 Å². The van der Waals surface area contributed by atoms with Gasteiger partial charge in [0.25, 0.3) is 0 Å². The van der Waals surface area contributed by atoms with Crippen LogP contribution < -0.4 is 5.32 Å². The quantitative estimate of drug-likeness (QED) is 0.729. The zero-order valence-corrected chi connectivity index (χ0v) is 10.1. The van der Waals surface area contributed by atoms with E-state index in [1.807, 2.05) is 0 Å². The third kappa shape index (κ3) is 4.07. The summed E-state index contributed by atoms with van der Waals surface area (Å²) in [5, 5.41) is 2.79. The number of nitrogens with one attached hydrogen (secondary N) is 1. The highest BCUT2D eigenvalue weighted by Gasteiger charge is 2.48. The molecule has 1 aliphatic rings. The van der Waals surface area contributed by atoms with Gasteiger partial charge in [-0.15, -0.1) is 13.2 Å². The predicted octanol–water partition coefficient (Wildman–Crippen LogP) is 2.11. The molecule has 1 N–H and O–H groups in total. The van der Waals surface area contributed by atoms with Gasteiger partial charge in [0.05, 0.1) is 6.04 Å². The second-order valence-electron chi connectivity index (χ2n) is 4.96. The van der Waals surface area contributed by atoms with E-state index in [9.17, 15) is 18.0 Å². The molecule has 0 saturated carbocycles. The molecule has 1 amide bonds. The number of carbonyl (C=O) groups is 1. The number of ether oxygens (including phenoxy) is 1. The summed E-state index contributed by atoms with van der Waals surface area (Å²) in [5.41, 5.74) is -0.938. The second-order valence-corrected chi connectivity index (χ2v) is 4.96. The van der Waals surface area contributed by atoms with Crippen molar-refractivity contribution in [1.29, 1.82) is 0 Å². The van der Waals surface area contributed by atoms with E-state index in [4.69, 9.17) is 4.74 Å². The molecule has 1 aliphatic heterocycles. The number of rotatable bonds is 1. The first-order chi connectivity index (χ1) is 7.61. The topological polar surface area (TPSA) is 41.6 Å². The Morgan fingerprint density at radius 1 is 1.35 bits per heavy atom. The van der Waals surface area contributed by atoms with Gasteiger partial charge in [0.2, 0.25) is 0 Å². The summed E-state index contributed by atoms with van der Waals surface area (Å²) in [4.78, 5) is 11.4. The van der Waals surface area contributed by atoms with Crippen LogP contribution in [-0.4, -0.2) is 42.0 Å². The van der Waals surface area contributed by atoms with Gasteiger partial charge in [-0.25, -0.2) is 9.69 Å². The normalized spacial score (nSPS) is 21.4. The zero-order chi connectivity index (χ0) is 13.3. The molecule has 4 nitrogen and oxygen atoms in total. The molecule has 7 heteroatoms. The maximum atomic E-state index is 12.8. The Hall–Kier alpha value is -0.980. The van der Waals surface area contributed by atoms with Crippen molar-refractivity contribution in [3.05, 3.63) is 0 Å². The van der Waals surface area contributed by atoms with Gasteiger partial charge in [0, 0.05) is 6.54 Å². The molecule has 0 aromatic carbocycles. The first-order valence-electron chi connectivity index (χ1n) is 5.41. The molecule has 1 saturated heterocycles. The molecule has 0 radical (unpaired) electrons. The number of hydrogen-bond donors (Lipinski definition) is 1. The van der Waals surface area contributed by atoms with Gasteiger partial charge in [-0.1, -0.05) is 0 Å². The van der Waals surface area contributed by atoms with Crippen LogP contribution in [0.25, 0.3) is 0 Å². The molecule has 17 heavy (non-hydrogen) atoms. The molecule has 0 aromatic rings. The molecular weight excluding hydrogens is 237 g/mol. The lowest BCUT2D eigenvalue weighted by atomic mass is 10.2. The highest BCUT2D eigenvalue weighted by molar-refractivity contribution is 5.69. The molecular formula is C10H17F3N2O2. The molecule has 0 aliphatic carbocycles. The monoisotopic (exact) mass is 254 g/mol. The first kappa shape index (κ1) is 14.1.